The molecule has 0 aliphatic carbocycles. The van der Waals surface area contributed by atoms with Gasteiger partial charge in [0.2, 0.25) is 6.41 Å². The third-order valence-corrected chi connectivity index (χ3v) is 9.72. The van der Waals surface area contributed by atoms with Crippen LogP contribution in [-0.2, 0) is 35.3 Å². The number of aliphatic carboxylic acids is 1. The van der Waals surface area contributed by atoms with E-state index in [-0.39, 0.29) is 34.5 Å². The average Bonchev–Trinajstić information content (AvgIpc) is 3.60. The molecule has 0 bridgehead atoms. The summed E-state index contributed by atoms with van der Waals surface area (Å²) in [5.74, 6) is -2.07. The maximum atomic E-state index is 13.1. The lowest BCUT2D eigenvalue weighted by molar-refractivity contribution is -0.150. The van der Waals surface area contributed by atoms with Crippen molar-refractivity contribution in [3.05, 3.63) is 27.4 Å². The first-order chi connectivity index (χ1) is 20.4. The molecule has 16 nitrogen and oxygen atoms in total. The van der Waals surface area contributed by atoms with Gasteiger partial charge in [-0.1, -0.05) is 28.3 Å². The number of carbonyl (C=O) groups is 5. The summed E-state index contributed by atoms with van der Waals surface area (Å²) in [5, 5.41) is 31.0. The zero-order valence-corrected chi connectivity index (χ0v) is 26.4. The number of β-lactam (4-membered cyclic amide) rings is 1. The van der Waals surface area contributed by atoms with E-state index in [4.69, 9.17) is 9.57 Å². The predicted molar refractivity (Wildman–Crippen MR) is 159 cm³/mol. The number of anilines is 1. The van der Waals surface area contributed by atoms with E-state index in [9.17, 15) is 29.1 Å². The third kappa shape index (κ3) is 7.80. The normalized spacial score (nSPS) is 18.4. The maximum absolute atomic E-state index is 13.1. The van der Waals surface area contributed by atoms with E-state index in [1.54, 1.807) is 20.8 Å². The number of carboxylic acids is 1. The highest BCUT2D eigenvalue weighted by atomic mass is 32.2. The van der Waals surface area contributed by atoms with E-state index >= 15 is 0 Å². The lowest BCUT2D eigenvalue weighted by atomic mass is 10.0. The summed E-state index contributed by atoms with van der Waals surface area (Å²) in [6.07, 6.45) is -0.141. The number of carboxylic acid groups (broad SMARTS) is 1. The van der Waals surface area contributed by atoms with Crippen LogP contribution in [0.4, 0.5) is 9.93 Å². The lowest BCUT2D eigenvalue weighted by Crippen LogP contribution is -2.71. The third-order valence-electron chi connectivity index (χ3n) is 5.46. The molecule has 1 saturated heterocycles. The van der Waals surface area contributed by atoms with Crippen molar-refractivity contribution in [1.82, 2.24) is 30.7 Å². The Morgan fingerprint density at radius 1 is 1.30 bits per heavy atom. The van der Waals surface area contributed by atoms with Gasteiger partial charge in [-0.25, -0.2) is 14.6 Å². The molecule has 43 heavy (non-hydrogen) atoms. The second kappa shape index (κ2) is 13.7. The first-order valence-corrected chi connectivity index (χ1v) is 16.0. The van der Waals surface area contributed by atoms with E-state index in [0.717, 1.165) is 16.2 Å². The van der Waals surface area contributed by atoms with Gasteiger partial charge in [0.25, 0.3) is 11.8 Å². The minimum absolute atomic E-state index is 0.124. The summed E-state index contributed by atoms with van der Waals surface area (Å²) in [6.45, 7) is 5.39. The SMILES string of the molecule is CO/N=C(\C(=O)NC1C(=O)N2C(C(=O)O)=C(CSc3nnc(CNC(=O)OC(C)(C)C)s3)CS[C@H]12)c1csc(NC=O)n1. The average molecular weight is 671 g/mol. The van der Waals surface area contributed by atoms with Crippen LogP contribution in [0.3, 0.4) is 0 Å². The number of oxime groups is 1. The Morgan fingerprint density at radius 2 is 2.07 bits per heavy atom. The zero-order chi connectivity index (χ0) is 31.3. The Morgan fingerprint density at radius 3 is 2.74 bits per heavy atom. The Bertz CT molecular complexity index is 1480. The molecule has 0 saturated carbocycles. The molecule has 2 atom stereocenters. The van der Waals surface area contributed by atoms with E-state index in [1.165, 1.54) is 47.4 Å². The number of ether oxygens (including phenoxy) is 1. The number of rotatable bonds is 12. The fraction of sp³-hybridized carbons (Fsp3) is 0.435. The van der Waals surface area contributed by atoms with Gasteiger partial charge < -0.3 is 30.6 Å². The molecule has 4 rings (SSSR count). The van der Waals surface area contributed by atoms with Crippen LogP contribution in [-0.4, -0.2) is 96.8 Å². The Balaban J connectivity index is 1.38. The predicted octanol–water partition coefficient (Wildman–Crippen LogP) is 1.47. The van der Waals surface area contributed by atoms with Gasteiger partial charge in [0, 0.05) is 16.9 Å². The van der Waals surface area contributed by atoms with Crippen LogP contribution in [0, 0.1) is 0 Å². The van der Waals surface area contributed by atoms with Crippen molar-refractivity contribution in [2.24, 2.45) is 5.16 Å². The molecule has 2 aliphatic heterocycles. The largest absolute Gasteiger partial charge is 0.477 e. The summed E-state index contributed by atoms with van der Waals surface area (Å²) >= 11 is 4.88. The van der Waals surface area contributed by atoms with Gasteiger partial charge in [-0.3, -0.25) is 19.3 Å². The fourth-order valence-electron chi connectivity index (χ4n) is 3.78. The maximum Gasteiger partial charge on any atom is 0.408 e. The minimum Gasteiger partial charge on any atom is -0.477 e. The molecule has 0 radical (unpaired) electrons. The molecule has 0 aromatic carbocycles. The van der Waals surface area contributed by atoms with Crippen molar-refractivity contribution in [1.29, 1.82) is 0 Å². The van der Waals surface area contributed by atoms with Crippen molar-refractivity contribution in [2.45, 2.75) is 48.7 Å². The summed E-state index contributed by atoms with van der Waals surface area (Å²) in [5.41, 5.74) is -0.350. The van der Waals surface area contributed by atoms with E-state index in [2.05, 4.69) is 36.3 Å². The first-order valence-electron chi connectivity index (χ1n) is 12.3. The van der Waals surface area contributed by atoms with Crippen molar-refractivity contribution < 1.29 is 38.7 Å². The monoisotopic (exact) mass is 670 g/mol. The van der Waals surface area contributed by atoms with Crippen LogP contribution in [0.1, 0.15) is 31.5 Å². The standard InChI is InChI=1S/C23H26N8O8S4/c1-23(2,3)39-21(37)24-5-12-28-29-22(43-12)42-7-10-6-40-18-14(17(34)31(18)15(10)19(35)36)27-16(33)13(30-38-4)11-8-41-20(26-11)25-9-32/h8-9,14,18H,5-7H2,1-4H3,(H,24,37)(H,27,33)(H,35,36)(H,25,26,32)/b30-13-/t14?,18-/m1/s1. The van der Waals surface area contributed by atoms with Crippen LogP contribution in [0.5, 0.6) is 0 Å². The summed E-state index contributed by atoms with van der Waals surface area (Å²) in [7, 11) is 1.24. The van der Waals surface area contributed by atoms with Crippen LogP contribution >= 0.6 is 46.2 Å². The number of alkyl carbamates (subject to hydrolysis) is 1. The van der Waals surface area contributed by atoms with Crippen LogP contribution in [0.25, 0.3) is 0 Å². The van der Waals surface area contributed by atoms with Crippen molar-refractivity contribution >= 4 is 87.3 Å². The Hall–Kier alpha value is -3.75. The Kier molecular flexibility index (Phi) is 10.2. The molecule has 4 heterocycles. The van der Waals surface area contributed by atoms with E-state index in [0.29, 0.717) is 27.1 Å². The van der Waals surface area contributed by atoms with E-state index in [1.807, 2.05) is 0 Å². The number of carbonyl (C=O) groups excluding carboxylic acids is 4. The number of hydrogen-bond donors (Lipinski definition) is 4. The number of hydrogen-bond acceptors (Lipinski definition) is 15. The summed E-state index contributed by atoms with van der Waals surface area (Å²) in [4.78, 5) is 70.9. The summed E-state index contributed by atoms with van der Waals surface area (Å²) < 4.78 is 5.76. The number of nitrogens with zero attached hydrogens (tertiary/aromatic N) is 5. The molecule has 1 unspecified atom stereocenters. The van der Waals surface area contributed by atoms with Gasteiger partial charge in [-0.2, -0.15) is 0 Å². The number of fused-ring (bicyclic) bond motifs is 1. The van der Waals surface area contributed by atoms with Crippen molar-refractivity contribution in [3.63, 3.8) is 0 Å². The quantitative estimate of drug-likeness (QED) is 0.0829. The van der Waals surface area contributed by atoms with Crippen molar-refractivity contribution in [2.75, 3.05) is 23.9 Å². The van der Waals surface area contributed by atoms with Gasteiger partial charge in [0.15, 0.2) is 15.2 Å². The summed E-state index contributed by atoms with van der Waals surface area (Å²) in [6, 6.07) is -1.00. The highest BCUT2D eigenvalue weighted by Crippen LogP contribution is 2.41. The minimum atomic E-state index is -1.27. The first kappa shape index (κ1) is 32.2. The van der Waals surface area contributed by atoms with Gasteiger partial charge in [0.1, 0.15) is 40.5 Å². The molecule has 4 N–H and O–H groups in total. The zero-order valence-electron chi connectivity index (χ0n) is 23.1. The highest BCUT2D eigenvalue weighted by molar-refractivity contribution is 8.01. The molecule has 1 fully saturated rings. The number of thiazole rings is 1. The number of nitrogens with one attached hydrogen (secondary N) is 3. The molecule has 4 amide bonds. The lowest BCUT2D eigenvalue weighted by Gasteiger charge is -2.49. The molecular weight excluding hydrogens is 645 g/mol. The topological polar surface area (TPSA) is 214 Å². The molecule has 2 aromatic rings. The van der Waals surface area contributed by atoms with Gasteiger partial charge >= 0.3 is 12.1 Å². The Labute approximate surface area is 261 Å². The molecule has 230 valence electrons. The molecule has 2 aliphatic rings. The van der Waals surface area contributed by atoms with Crippen molar-refractivity contribution in [3.8, 4) is 0 Å². The van der Waals surface area contributed by atoms with Crippen LogP contribution < -0.4 is 16.0 Å². The van der Waals surface area contributed by atoms with Gasteiger partial charge in [0.05, 0.1) is 6.54 Å². The van der Waals surface area contributed by atoms with E-state index < -0.39 is 40.9 Å². The number of thioether (sulfide) groups is 2. The fourth-order valence-corrected chi connectivity index (χ4v) is 7.75. The van der Waals surface area contributed by atoms with Crippen LogP contribution in [0.2, 0.25) is 0 Å². The molecule has 2 aromatic heterocycles. The van der Waals surface area contributed by atoms with Gasteiger partial charge in [-0.05, 0) is 26.3 Å². The molecule has 20 heteroatoms. The molecular formula is C23H26N8O8S4. The highest BCUT2D eigenvalue weighted by Gasteiger charge is 2.54. The molecule has 0 spiro atoms. The second-order valence-corrected chi connectivity index (χ2v) is 13.9. The number of amides is 4. The number of aromatic nitrogens is 3. The smallest absolute Gasteiger partial charge is 0.408 e. The van der Waals surface area contributed by atoms with Gasteiger partial charge in [-0.15, -0.1) is 33.3 Å². The van der Waals surface area contributed by atoms with Crippen LogP contribution in [0.15, 0.2) is 26.1 Å². The second-order valence-electron chi connectivity index (χ2n) is 9.65.